The lowest BCUT2D eigenvalue weighted by Crippen LogP contribution is -2.40. The van der Waals surface area contributed by atoms with E-state index >= 15 is 0 Å². The molecule has 3 N–H and O–H groups in total. The summed E-state index contributed by atoms with van der Waals surface area (Å²) in [5.41, 5.74) is 0.255. The first-order valence-corrected chi connectivity index (χ1v) is 11.7. The van der Waals surface area contributed by atoms with Crippen LogP contribution in [0.4, 0.5) is 8.78 Å². The molecule has 0 bridgehead atoms. The molecule has 2 amide bonds. The molecule has 1 aromatic heterocycles. The number of allylic oxidation sites excluding steroid dienone is 1. The van der Waals surface area contributed by atoms with Crippen LogP contribution in [0, 0.1) is 0 Å². The van der Waals surface area contributed by atoms with E-state index in [0.717, 1.165) is 13.5 Å². The van der Waals surface area contributed by atoms with Crippen LogP contribution in [-0.2, 0) is 4.74 Å². The van der Waals surface area contributed by atoms with Gasteiger partial charge in [-0.25, -0.2) is 18.6 Å². The van der Waals surface area contributed by atoms with Crippen molar-refractivity contribution >= 4 is 17.8 Å². The van der Waals surface area contributed by atoms with Gasteiger partial charge in [0.1, 0.15) is 11.4 Å². The van der Waals surface area contributed by atoms with Crippen LogP contribution in [0.2, 0.25) is 0 Å². The first kappa shape index (κ1) is 26.8. The molecule has 1 aromatic carbocycles. The average molecular weight is 502 g/mol. The molecule has 8 nitrogen and oxygen atoms in total. The summed E-state index contributed by atoms with van der Waals surface area (Å²) in [6.07, 6.45) is 4.18. The number of aromatic hydroxyl groups is 1. The Labute approximate surface area is 207 Å². The molecule has 1 saturated carbocycles. The Bertz CT molecular complexity index is 1160. The van der Waals surface area contributed by atoms with E-state index in [-0.39, 0.29) is 59.5 Å². The Hall–Kier alpha value is -3.82. The third-order valence-electron chi connectivity index (χ3n) is 5.88. The van der Waals surface area contributed by atoms with Gasteiger partial charge in [-0.05, 0) is 49.6 Å². The van der Waals surface area contributed by atoms with Gasteiger partial charge in [0.25, 0.3) is 11.8 Å². The topological polar surface area (TPSA) is 118 Å². The third-order valence-corrected chi connectivity index (χ3v) is 5.88. The number of ether oxygens (including phenoxy) is 1. The standard InChI is InChI=1S/C26H29F2N3O5/c1-3-4-5-14-29-23(33)19-7-6-17(32)15-20(19)18-8-9-21(31-22(18)25(35)36-2)24(34)30-16-10-12-26(27,28)13-11-16/h4-9,15-16,32H,3,10-14H2,1-2H3,(H,29,33)(H,30,34)/b5-4-. The fraction of sp³-hybridized carbons (Fsp3) is 0.385. The quantitative estimate of drug-likeness (QED) is 0.368. The number of phenols is 1. The second-order valence-corrected chi connectivity index (χ2v) is 8.51. The van der Waals surface area contributed by atoms with E-state index in [1.165, 1.54) is 30.3 Å². The van der Waals surface area contributed by atoms with Crippen molar-refractivity contribution in [2.75, 3.05) is 13.7 Å². The SMILES string of the molecule is CC/C=C\CNC(=O)c1ccc(O)cc1-c1ccc(C(=O)NC2CCC(F)(F)CC2)nc1C(=O)OC. The summed E-state index contributed by atoms with van der Waals surface area (Å²) in [4.78, 5) is 42.3. The Kier molecular flexibility index (Phi) is 8.73. The number of amides is 2. The molecule has 1 fully saturated rings. The van der Waals surface area contributed by atoms with E-state index in [0.29, 0.717) is 6.54 Å². The van der Waals surface area contributed by atoms with E-state index in [4.69, 9.17) is 4.74 Å². The van der Waals surface area contributed by atoms with Crippen LogP contribution >= 0.6 is 0 Å². The van der Waals surface area contributed by atoms with Crippen molar-refractivity contribution in [1.29, 1.82) is 0 Å². The minimum Gasteiger partial charge on any atom is -0.508 e. The van der Waals surface area contributed by atoms with Gasteiger partial charge in [0.05, 0.1) is 7.11 Å². The summed E-state index contributed by atoms with van der Waals surface area (Å²) in [7, 11) is 1.15. The summed E-state index contributed by atoms with van der Waals surface area (Å²) in [5.74, 6) is -4.76. The summed E-state index contributed by atoms with van der Waals surface area (Å²) >= 11 is 0. The van der Waals surface area contributed by atoms with Crippen molar-refractivity contribution < 1.29 is 33.0 Å². The summed E-state index contributed by atoms with van der Waals surface area (Å²) in [5, 5.41) is 15.5. The second kappa shape index (κ2) is 11.7. The van der Waals surface area contributed by atoms with Gasteiger partial charge in [-0.3, -0.25) is 9.59 Å². The maximum atomic E-state index is 13.4. The highest BCUT2D eigenvalue weighted by Gasteiger charge is 2.35. The van der Waals surface area contributed by atoms with Crippen LogP contribution in [0.5, 0.6) is 5.75 Å². The maximum absolute atomic E-state index is 13.4. The van der Waals surface area contributed by atoms with Crippen molar-refractivity contribution in [3.05, 3.63) is 59.4 Å². The van der Waals surface area contributed by atoms with Crippen LogP contribution in [0.25, 0.3) is 11.1 Å². The maximum Gasteiger partial charge on any atom is 0.357 e. The predicted octanol–water partition coefficient (Wildman–Crippen LogP) is 4.24. The smallest absolute Gasteiger partial charge is 0.357 e. The molecule has 36 heavy (non-hydrogen) atoms. The number of nitrogens with zero attached hydrogens (tertiary/aromatic N) is 1. The number of halogens is 2. The number of hydrogen-bond donors (Lipinski definition) is 3. The molecule has 1 heterocycles. The molecule has 1 aliphatic rings. The first-order chi connectivity index (χ1) is 17.1. The van der Waals surface area contributed by atoms with Crippen LogP contribution in [0.15, 0.2) is 42.5 Å². The number of rotatable bonds is 8. The molecule has 192 valence electrons. The Morgan fingerprint density at radius 3 is 2.50 bits per heavy atom. The highest BCUT2D eigenvalue weighted by molar-refractivity contribution is 6.05. The lowest BCUT2D eigenvalue weighted by Gasteiger charge is -2.28. The zero-order chi connectivity index (χ0) is 26.3. The number of benzene rings is 1. The van der Waals surface area contributed by atoms with E-state index in [9.17, 15) is 28.3 Å². The summed E-state index contributed by atoms with van der Waals surface area (Å²) < 4.78 is 31.7. The van der Waals surface area contributed by atoms with Crippen molar-refractivity contribution in [3.8, 4) is 16.9 Å². The molecule has 0 atom stereocenters. The zero-order valence-corrected chi connectivity index (χ0v) is 20.1. The van der Waals surface area contributed by atoms with Crippen LogP contribution in [-0.4, -0.2) is 53.5 Å². The molecule has 10 heteroatoms. The van der Waals surface area contributed by atoms with Crippen molar-refractivity contribution in [1.82, 2.24) is 15.6 Å². The number of hydrogen-bond acceptors (Lipinski definition) is 6. The molecule has 1 aliphatic carbocycles. The summed E-state index contributed by atoms with van der Waals surface area (Å²) in [6, 6.07) is 6.46. The molecule has 2 aromatic rings. The van der Waals surface area contributed by atoms with E-state index < -0.39 is 29.7 Å². The molecule has 0 spiro atoms. The number of aromatic nitrogens is 1. The minimum atomic E-state index is -2.73. The second-order valence-electron chi connectivity index (χ2n) is 8.51. The highest BCUT2D eigenvalue weighted by Crippen LogP contribution is 2.33. The third kappa shape index (κ3) is 6.65. The molecule has 0 radical (unpaired) electrons. The number of methoxy groups -OCH3 is 1. The Balaban J connectivity index is 1.92. The summed E-state index contributed by atoms with van der Waals surface area (Å²) in [6.45, 7) is 2.26. The Morgan fingerprint density at radius 1 is 1.11 bits per heavy atom. The number of nitrogens with one attached hydrogen (secondary N) is 2. The van der Waals surface area contributed by atoms with Gasteiger partial charge in [0.2, 0.25) is 5.92 Å². The molecular weight excluding hydrogens is 472 g/mol. The van der Waals surface area contributed by atoms with E-state index in [2.05, 4.69) is 15.6 Å². The van der Waals surface area contributed by atoms with E-state index in [1.807, 2.05) is 13.0 Å². The van der Waals surface area contributed by atoms with Gasteiger partial charge < -0.3 is 20.5 Å². The molecule has 3 rings (SSSR count). The van der Waals surface area contributed by atoms with Gasteiger partial charge in [-0.15, -0.1) is 0 Å². The monoisotopic (exact) mass is 501 g/mol. The van der Waals surface area contributed by atoms with Crippen LogP contribution in [0.1, 0.15) is 70.4 Å². The normalized spacial score (nSPS) is 15.4. The fourth-order valence-corrected chi connectivity index (χ4v) is 3.95. The van der Waals surface area contributed by atoms with Crippen molar-refractivity contribution in [2.24, 2.45) is 0 Å². The molecular formula is C26H29F2N3O5. The lowest BCUT2D eigenvalue weighted by molar-refractivity contribution is -0.0399. The van der Waals surface area contributed by atoms with Crippen LogP contribution in [0.3, 0.4) is 0 Å². The van der Waals surface area contributed by atoms with Gasteiger partial charge in [0.15, 0.2) is 5.69 Å². The van der Waals surface area contributed by atoms with Crippen molar-refractivity contribution in [3.63, 3.8) is 0 Å². The average Bonchev–Trinajstić information content (AvgIpc) is 2.86. The van der Waals surface area contributed by atoms with Crippen molar-refractivity contribution in [2.45, 2.75) is 51.0 Å². The lowest BCUT2D eigenvalue weighted by atomic mass is 9.92. The number of pyridine rings is 1. The first-order valence-electron chi connectivity index (χ1n) is 11.7. The van der Waals surface area contributed by atoms with Gasteiger partial charge in [-0.2, -0.15) is 0 Å². The largest absolute Gasteiger partial charge is 0.508 e. The molecule has 0 saturated heterocycles. The zero-order valence-electron chi connectivity index (χ0n) is 20.1. The van der Waals surface area contributed by atoms with Gasteiger partial charge in [-0.1, -0.05) is 19.1 Å². The fourth-order valence-electron chi connectivity index (χ4n) is 3.95. The number of alkyl halides is 2. The molecule has 0 aliphatic heterocycles. The van der Waals surface area contributed by atoms with E-state index in [1.54, 1.807) is 6.08 Å². The molecule has 0 unspecified atom stereocenters. The van der Waals surface area contributed by atoms with Gasteiger partial charge >= 0.3 is 5.97 Å². The number of carbonyl (C=O) groups excluding carboxylic acids is 3. The number of phenolic OH excluding ortho intramolecular Hbond substituents is 1. The van der Waals surface area contributed by atoms with Crippen LogP contribution < -0.4 is 10.6 Å². The van der Waals surface area contributed by atoms with Gasteiger partial charge in [0, 0.05) is 42.1 Å². The Morgan fingerprint density at radius 2 is 1.83 bits per heavy atom. The number of esters is 1. The number of carbonyl (C=O) groups is 3. The predicted molar refractivity (Wildman–Crippen MR) is 129 cm³/mol. The highest BCUT2D eigenvalue weighted by atomic mass is 19.3. The minimum absolute atomic E-state index is 0.104.